The summed E-state index contributed by atoms with van der Waals surface area (Å²) < 4.78 is 3.47. The van der Waals surface area contributed by atoms with E-state index in [9.17, 15) is 5.11 Å². The number of nitrogens with zero attached hydrogens (tertiary/aromatic N) is 7. The van der Waals surface area contributed by atoms with E-state index in [1.165, 1.54) is 5.56 Å². The number of tetrazole rings is 1. The Balaban J connectivity index is 1.71. The van der Waals surface area contributed by atoms with Gasteiger partial charge in [0.15, 0.2) is 5.82 Å². The first-order valence-corrected chi connectivity index (χ1v) is 9.05. The fourth-order valence-corrected chi connectivity index (χ4v) is 3.02. The summed E-state index contributed by atoms with van der Waals surface area (Å²) in [6, 6.07) is 17.5. The molecule has 0 amide bonds. The van der Waals surface area contributed by atoms with Gasteiger partial charge < -0.3 is 5.11 Å². The first kappa shape index (κ1) is 18.0. The van der Waals surface area contributed by atoms with Crippen molar-refractivity contribution in [1.29, 1.82) is 0 Å². The number of aliphatic hydroxyl groups excluding tert-OH is 1. The van der Waals surface area contributed by atoms with Crippen molar-refractivity contribution in [2.45, 2.75) is 33.0 Å². The van der Waals surface area contributed by atoms with E-state index in [2.05, 4.69) is 44.7 Å². The van der Waals surface area contributed by atoms with Crippen LogP contribution < -0.4 is 0 Å². The minimum absolute atomic E-state index is 0.362. The van der Waals surface area contributed by atoms with Crippen LogP contribution in [0.5, 0.6) is 0 Å². The van der Waals surface area contributed by atoms with Crippen LogP contribution in [-0.2, 0) is 13.1 Å². The number of benzene rings is 2. The first-order valence-electron chi connectivity index (χ1n) is 9.05. The molecule has 1 atom stereocenters. The van der Waals surface area contributed by atoms with E-state index < -0.39 is 6.10 Å². The number of aromatic nitrogens is 7. The molecule has 0 aliphatic carbocycles. The molecule has 2 heterocycles. The number of hydrogen-bond acceptors (Lipinski definition) is 6. The monoisotopic (exact) mass is 375 g/mol. The molecule has 28 heavy (non-hydrogen) atoms. The molecule has 0 aliphatic rings. The van der Waals surface area contributed by atoms with Gasteiger partial charge in [0.1, 0.15) is 24.3 Å². The Morgan fingerprint density at radius 3 is 2.39 bits per heavy atom. The van der Waals surface area contributed by atoms with Crippen molar-refractivity contribution >= 4 is 0 Å². The van der Waals surface area contributed by atoms with Crippen LogP contribution in [0.15, 0.2) is 54.6 Å². The van der Waals surface area contributed by atoms with E-state index in [0.717, 1.165) is 11.1 Å². The predicted octanol–water partition coefficient (Wildman–Crippen LogP) is 2.06. The van der Waals surface area contributed by atoms with Crippen LogP contribution in [0, 0.1) is 13.8 Å². The fourth-order valence-electron chi connectivity index (χ4n) is 3.02. The zero-order valence-corrected chi connectivity index (χ0v) is 15.8. The van der Waals surface area contributed by atoms with Crippen LogP contribution in [0.2, 0.25) is 0 Å². The number of aliphatic hydroxyl groups is 1. The molecule has 4 aromatic rings. The molecular weight excluding hydrogens is 354 g/mol. The molecule has 0 spiro atoms. The average Bonchev–Trinajstić information content (AvgIpc) is 3.30. The normalized spacial score (nSPS) is 12.2. The third-order valence-electron chi connectivity index (χ3n) is 4.71. The molecule has 0 bridgehead atoms. The predicted molar refractivity (Wildman–Crippen MR) is 102 cm³/mol. The summed E-state index contributed by atoms with van der Waals surface area (Å²) in [5.74, 6) is 1.74. The highest BCUT2D eigenvalue weighted by atomic mass is 16.3. The van der Waals surface area contributed by atoms with Crippen LogP contribution in [0.25, 0.3) is 0 Å². The first-order chi connectivity index (χ1) is 13.6. The maximum atomic E-state index is 10.7. The molecule has 142 valence electrons. The fraction of sp³-hybridized carbons (Fsp3) is 0.250. The smallest absolute Gasteiger partial charge is 0.184 e. The highest BCUT2D eigenvalue weighted by molar-refractivity contribution is 5.26. The zero-order chi connectivity index (χ0) is 19.5. The van der Waals surface area contributed by atoms with Gasteiger partial charge in [0.05, 0.1) is 6.54 Å². The quantitative estimate of drug-likeness (QED) is 0.554. The van der Waals surface area contributed by atoms with Gasteiger partial charge in [-0.1, -0.05) is 54.6 Å². The van der Waals surface area contributed by atoms with E-state index in [1.54, 1.807) is 4.68 Å². The third kappa shape index (κ3) is 3.67. The van der Waals surface area contributed by atoms with Gasteiger partial charge in [-0.3, -0.25) is 0 Å². The van der Waals surface area contributed by atoms with E-state index in [-0.39, 0.29) is 0 Å². The second kappa shape index (κ2) is 7.69. The second-order valence-electron chi connectivity index (χ2n) is 6.67. The van der Waals surface area contributed by atoms with Gasteiger partial charge in [-0.15, -0.1) is 5.10 Å². The Hall–Kier alpha value is -3.39. The lowest BCUT2D eigenvalue weighted by atomic mass is 10.1. The van der Waals surface area contributed by atoms with Crippen molar-refractivity contribution in [3.8, 4) is 0 Å². The van der Waals surface area contributed by atoms with Gasteiger partial charge in [0.25, 0.3) is 0 Å². The van der Waals surface area contributed by atoms with Crippen molar-refractivity contribution in [3.63, 3.8) is 0 Å². The van der Waals surface area contributed by atoms with Gasteiger partial charge in [0.2, 0.25) is 0 Å². The summed E-state index contributed by atoms with van der Waals surface area (Å²) in [7, 11) is 0. The second-order valence-corrected chi connectivity index (χ2v) is 6.67. The lowest BCUT2D eigenvalue weighted by Crippen LogP contribution is -2.13. The van der Waals surface area contributed by atoms with Crippen molar-refractivity contribution in [3.05, 3.63) is 88.8 Å². The Morgan fingerprint density at radius 1 is 0.929 bits per heavy atom. The summed E-state index contributed by atoms with van der Waals surface area (Å²) >= 11 is 0. The molecule has 8 heteroatoms. The summed E-state index contributed by atoms with van der Waals surface area (Å²) in [5, 5.41) is 27.0. The molecule has 0 saturated heterocycles. The molecule has 0 aliphatic heterocycles. The molecule has 0 unspecified atom stereocenters. The van der Waals surface area contributed by atoms with Crippen LogP contribution in [0.4, 0.5) is 0 Å². The Kier molecular flexibility index (Phi) is 4.94. The number of aryl methyl sites for hydroxylation is 2. The van der Waals surface area contributed by atoms with Crippen LogP contribution in [-0.4, -0.2) is 40.1 Å². The van der Waals surface area contributed by atoms with E-state index in [0.29, 0.717) is 30.6 Å². The standard InChI is InChI=1S/C20H21N7O/c1-14-8-6-7-11-17(14)12-27-18(13-26-15(2)22-24-25-26)21-20(23-27)19(28)16-9-4-3-5-10-16/h3-11,19,28H,12-13H2,1-2H3/t19-/m1/s1. The van der Waals surface area contributed by atoms with Crippen LogP contribution >= 0.6 is 0 Å². The summed E-state index contributed by atoms with van der Waals surface area (Å²) in [5.41, 5.74) is 3.07. The highest BCUT2D eigenvalue weighted by Crippen LogP contribution is 2.20. The summed E-state index contributed by atoms with van der Waals surface area (Å²) in [6.45, 7) is 4.83. The van der Waals surface area contributed by atoms with Gasteiger partial charge in [-0.25, -0.2) is 14.3 Å². The van der Waals surface area contributed by atoms with Gasteiger partial charge in [-0.05, 0) is 41.0 Å². The Morgan fingerprint density at radius 2 is 1.68 bits per heavy atom. The summed E-state index contributed by atoms with van der Waals surface area (Å²) in [4.78, 5) is 4.61. The van der Waals surface area contributed by atoms with E-state index in [1.807, 2.05) is 54.1 Å². The molecule has 0 saturated carbocycles. The molecule has 2 aromatic heterocycles. The zero-order valence-electron chi connectivity index (χ0n) is 15.8. The van der Waals surface area contributed by atoms with Gasteiger partial charge >= 0.3 is 0 Å². The van der Waals surface area contributed by atoms with Crippen molar-refractivity contribution < 1.29 is 5.11 Å². The Bertz CT molecular complexity index is 1070. The van der Waals surface area contributed by atoms with Crippen molar-refractivity contribution in [2.75, 3.05) is 0 Å². The third-order valence-corrected chi connectivity index (χ3v) is 4.71. The lowest BCUT2D eigenvalue weighted by Gasteiger charge is -2.09. The van der Waals surface area contributed by atoms with Crippen LogP contribution in [0.1, 0.15) is 40.3 Å². The number of rotatable bonds is 6. The minimum Gasteiger partial charge on any atom is -0.380 e. The molecule has 4 rings (SSSR count). The maximum Gasteiger partial charge on any atom is 0.184 e. The van der Waals surface area contributed by atoms with E-state index >= 15 is 0 Å². The molecule has 0 fully saturated rings. The van der Waals surface area contributed by atoms with Crippen molar-refractivity contribution in [1.82, 2.24) is 35.0 Å². The molecule has 8 nitrogen and oxygen atoms in total. The minimum atomic E-state index is -0.895. The number of hydrogen-bond donors (Lipinski definition) is 1. The van der Waals surface area contributed by atoms with Gasteiger partial charge in [-0.2, -0.15) is 5.10 Å². The largest absolute Gasteiger partial charge is 0.380 e. The lowest BCUT2D eigenvalue weighted by molar-refractivity contribution is 0.209. The molecular formula is C20H21N7O. The Labute approximate surface area is 162 Å². The average molecular weight is 375 g/mol. The van der Waals surface area contributed by atoms with Crippen molar-refractivity contribution in [2.24, 2.45) is 0 Å². The maximum absolute atomic E-state index is 10.7. The topological polar surface area (TPSA) is 94.5 Å². The van der Waals surface area contributed by atoms with Gasteiger partial charge in [0, 0.05) is 0 Å². The molecule has 2 aromatic carbocycles. The SMILES string of the molecule is Cc1ccccc1Cn1nc([C@H](O)c2ccccc2)nc1Cn1nnnc1C. The van der Waals surface area contributed by atoms with Crippen LogP contribution in [0.3, 0.4) is 0 Å². The molecule has 1 N–H and O–H groups in total. The summed E-state index contributed by atoms with van der Waals surface area (Å²) in [6.07, 6.45) is -0.895. The van der Waals surface area contributed by atoms with E-state index in [4.69, 9.17) is 0 Å². The molecule has 0 radical (unpaired) electrons. The highest BCUT2D eigenvalue weighted by Gasteiger charge is 2.20.